The molecule has 0 heterocycles. The number of ether oxygens (including phenoxy) is 1. The molecule has 0 radical (unpaired) electrons. The summed E-state index contributed by atoms with van der Waals surface area (Å²) >= 11 is 0. The van der Waals surface area contributed by atoms with Crippen LogP contribution < -0.4 is 5.32 Å². The molecule has 0 spiro atoms. The van der Waals surface area contributed by atoms with E-state index in [0.29, 0.717) is 13.1 Å². The van der Waals surface area contributed by atoms with Crippen LogP contribution in [0.4, 0.5) is 0 Å². The van der Waals surface area contributed by atoms with Crippen molar-refractivity contribution in [1.29, 1.82) is 0 Å². The summed E-state index contributed by atoms with van der Waals surface area (Å²) in [6, 6.07) is 9.73. The van der Waals surface area contributed by atoms with Crippen molar-refractivity contribution in [1.82, 2.24) is 10.2 Å². The van der Waals surface area contributed by atoms with Gasteiger partial charge in [-0.25, -0.2) is 0 Å². The molecule has 110 valence electrons. The van der Waals surface area contributed by atoms with E-state index in [-0.39, 0.29) is 24.3 Å². The van der Waals surface area contributed by atoms with Crippen LogP contribution >= 0.6 is 0 Å². The summed E-state index contributed by atoms with van der Waals surface area (Å²) < 4.78 is 4.56. The first-order chi connectivity index (χ1) is 9.51. The number of rotatable bonds is 7. The Bertz CT molecular complexity index is 434. The zero-order valence-electron chi connectivity index (χ0n) is 12.3. The van der Waals surface area contributed by atoms with Crippen molar-refractivity contribution in [3.8, 4) is 0 Å². The monoisotopic (exact) mass is 278 g/mol. The van der Waals surface area contributed by atoms with Crippen LogP contribution in [0.3, 0.4) is 0 Å². The van der Waals surface area contributed by atoms with E-state index in [4.69, 9.17) is 0 Å². The fourth-order valence-electron chi connectivity index (χ4n) is 1.90. The van der Waals surface area contributed by atoms with Gasteiger partial charge >= 0.3 is 5.97 Å². The largest absolute Gasteiger partial charge is 0.469 e. The highest BCUT2D eigenvalue weighted by atomic mass is 16.5. The Morgan fingerprint density at radius 1 is 1.30 bits per heavy atom. The average molecular weight is 278 g/mol. The van der Waals surface area contributed by atoms with Gasteiger partial charge in [-0.15, -0.1) is 0 Å². The molecular weight excluding hydrogens is 256 g/mol. The van der Waals surface area contributed by atoms with Crippen molar-refractivity contribution >= 4 is 11.9 Å². The van der Waals surface area contributed by atoms with Gasteiger partial charge in [0.05, 0.1) is 20.1 Å². The normalized spacial score (nSPS) is 12.0. The number of nitrogens with one attached hydrogen (secondary N) is 1. The van der Waals surface area contributed by atoms with Gasteiger partial charge in [-0.3, -0.25) is 14.5 Å². The molecule has 1 N–H and O–H groups in total. The van der Waals surface area contributed by atoms with Crippen molar-refractivity contribution in [2.24, 2.45) is 0 Å². The minimum Gasteiger partial charge on any atom is -0.469 e. The smallest absolute Gasteiger partial charge is 0.307 e. The van der Waals surface area contributed by atoms with Gasteiger partial charge in [0.1, 0.15) is 0 Å². The highest BCUT2D eigenvalue weighted by molar-refractivity contribution is 5.79. The lowest BCUT2D eigenvalue weighted by Gasteiger charge is -2.18. The van der Waals surface area contributed by atoms with Crippen LogP contribution in [0.5, 0.6) is 0 Å². The number of hydrogen-bond donors (Lipinski definition) is 1. The van der Waals surface area contributed by atoms with Gasteiger partial charge < -0.3 is 10.1 Å². The van der Waals surface area contributed by atoms with Crippen LogP contribution in [0.15, 0.2) is 30.3 Å². The molecule has 1 amide bonds. The zero-order chi connectivity index (χ0) is 15.0. The summed E-state index contributed by atoms with van der Waals surface area (Å²) in [7, 11) is 3.22. The third-order valence-corrected chi connectivity index (χ3v) is 2.82. The molecule has 1 atom stereocenters. The van der Waals surface area contributed by atoms with Gasteiger partial charge in [-0.2, -0.15) is 0 Å². The minimum atomic E-state index is -0.324. The van der Waals surface area contributed by atoms with Crippen molar-refractivity contribution in [2.45, 2.75) is 25.9 Å². The number of carbonyl (C=O) groups excluding carboxylic acids is 2. The van der Waals surface area contributed by atoms with Gasteiger partial charge in [0.2, 0.25) is 5.91 Å². The number of benzene rings is 1. The maximum atomic E-state index is 11.8. The number of hydrogen-bond acceptors (Lipinski definition) is 4. The molecule has 20 heavy (non-hydrogen) atoms. The summed E-state index contributed by atoms with van der Waals surface area (Å²) in [5.41, 5.74) is 1.16. The predicted molar refractivity (Wildman–Crippen MR) is 77.0 cm³/mol. The van der Waals surface area contributed by atoms with Crippen molar-refractivity contribution in [2.75, 3.05) is 20.7 Å². The summed E-state index contributed by atoms with van der Waals surface area (Å²) in [6.45, 7) is 2.78. The molecular formula is C15H22N2O3. The minimum absolute atomic E-state index is 0.0974. The molecule has 1 aromatic rings. The predicted octanol–water partition coefficient (Wildman–Crippen LogP) is 1.19. The summed E-state index contributed by atoms with van der Waals surface area (Å²) in [5.74, 6) is -0.421. The Morgan fingerprint density at radius 3 is 2.55 bits per heavy atom. The van der Waals surface area contributed by atoms with Crippen molar-refractivity contribution in [3.05, 3.63) is 35.9 Å². The lowest BCUT2D eigenvalue weighted by molar-refractivity contribution is -0.141. The van der Waals surface area contributed by atoms with E-state index in [1.165, 1.54) is 7.11 Å². The molecule has 1 rings (SSSR count). The van der Waals surface area contributed by atoms with Gasteiger partial charge in [0.25, 0.3) is 0 Å². The van der Waals surface area contributed by atoms with Crippen LogP contribution in [-0.4, -0.2) is 43.5 Å². The first-order valence-corrected chi connectivity index (χ1v) is 6.60. The standard InChI is InChI=1S/C15H22N2O3/c1-12(9-15(19)20-3)16-14(18)11-17(2)10-13-7-5-4-6-8-13/h4-8,12H,9-11H2,1-3H3,(H,16,18)/t12-/m0/s1. The third kappa shape index (κ3) is 6.33. The number of nitrogens with zero attached hydrogens (tertiary/aromatic N) is 1. The first kappa shape index (κ1) is 16.2. The molecule has 0 saturated heterocycles. The fraction of sp³-hybridized carbons (Fsp3) is 0.467. The second kappa shape index (κ2) is 8.32. The second-order valence-corrected chi connectivity index (χ2v) is 4.91. The molecule has 0 aliphatic rings. The zero-order valence-corrected chi connectivity index (χ0v) is 12.3. The quantitative estimate of drug-likeness (QED) is 0.761. The van der Waals surface area contributed by atoms with E-state index in [0.717, 1.165) is 5.56 Å². The number of likely N-dealkylation sites (N-methyl/N-ethyl adjacent to an activating group) is 1. The van der Waals surface area contributed by atoms with Crippen LogP contribution in [0, 0.1) is 0 Å². The van der Waals surface area contributed by atoms with E-state index in [9.17, 15) is 9.59 Å². The van der Waals surface area contributed by atoms with Crippen molar-refractivity contribution in [3.63, 3.8) is 0 Å². The molecule has 0 aromatic heterocycles. The SMILES string of the molecule is COC(=O)C[C@H](C)NC(=O)CN(C)Cc1ccccc1. The molecule has 0 unspecified atom stereocenters. The van der Waals surface area contributed by atoms with Crippen LogP contribution in [-0.2, 0) is 20.9 Å². The first-order valence-electron chi connectivity index (χ1n) is 6.60. The Morgan fingerprint density at radius 2 is 1.95 bits per heavy atom. The van der Waals surface area contributed by atoms with Gasteiger partial charge in [0.15, 0.2) is 0 Å². The van der Waals surface area contributed by atoms with Gasteiger partial charge in [-0.05, 0) is 19.5 Å². The fourth-order valence-corrected chi connectivity index (χ4v) is 1.90. The van der Waals surface area contributed by atoms with E-state index in [1.807, 2.05) is 42.3 Å². The number of carbonyl (C=O) groups is 2. The maximum Gasteiger partial charge on any atom is 0.307 e. The molecule has 0 aliphatic heterocycles. The number of methoxy groups -OCH3 is 1. The van der Waals surface area contributed by atoms with E-state index >= 15 is 0 Å². The Kier molecular flexibility index (Phi) is 6.73. The molecule has 0 aliphatic carbocycles. The summed E-state index contributed by atoms with van der Waals surface area (Å²) in [4.78, 5) is 24.8. The number of amides is 1. The lowest BCUT2D eigenvalue weighted by Crippen LogP contribution is -2.40. The maximum absolute atomic E-state index is 11.8. The van der Waals surface area contributed by atoms with Crippen LogP contribution in [0.2, 0.25) is 0 Å². The Balaban J connectivity index is 2.32. The van der Waals surface area contributed by atoms with Crippen molar-refractivity contribution < 1.29 is 14.3 Å². The van der Waals surface area contributed by atoms with Gasteiger partial charge in [0, 0.05) is 12.6 Å². The molecule has 5 heteroatoms. The molecule has 1 aromatic carbocycles. The van der Waals surface area contributed by atoms with E-state index < -0.39 is 0 Å². The van der Waals surface area contributed by atoms with Crippen LogP contribution in [0.1, 0.15) is 18.9 Å². The lowest BCUT2D eigenvalue weighted by atomic mass is 10.2. The summed E-state index contributed by atoms with van der Waals surface area (Å²) in [6.07, 6.45) is 0.185. The summed E-state index contributed by atoms with van der Waals surface area (Å²) in [5, 5.41) is 2.78. The van der Waals surface area contributed by atoms with E-state index in [2.05, 4.69) is 10.1 Å². The van der Waals surface area contributed by atoms with E-state index in [1.54, 1.807) is 6.92 Å². The van der Waals surface area contributed by atoms with Gasteiger partial charge in [-0.1, -0.05) is 30.3 Å². The Hall–Kier alpha value is -1.88. The third-order valence-electron chi connectivity index (χ3n) is 2.82. The molecule has 5 nitrogen and oxygen atoms in total. The highest BCUT2D eigenvalue weighted by Gasteiger charge is 2.13. The molecule has 0 saturated carbocycles. The number of esters is 1. The highest BCUT2D eigenvalue weighted by Crippen LogP contribution is 2.02. The molecule has 0 fully saturated rings. The van der Waals surface area contributed by atoms with Crippen LogP contribution in [0.25, 0.3) is 0 Å². The Labute approximate surface area is 119 Å². The topological polar surface area (TPSA) is 58.6 Å². The molecule has 0 bridgehead atoms. The second-order valence-electron chi connectivity index (χ2n) is 4.91. The average Bonchev–Trinajstić information content (AvgIpc) is 2.38.